The SMILES string of the molecule is CSc1cccc(Nc2cc(C)nc3ccccc23)c1. The van der Waals surface area contributed by atoms with Gasteiger partial charge < -0.3 is 5.32 Å². The maximum absolute atomic E-state index is 4.57. The lowest BCUT2D eigenvalue weighted by Gasteiger charge is -2.11. The summed E-state index contributed by atoms with van der Waals surface area (Å²) < 4.78 is 0. The quantitative estimate of drug-likeness (QED) is 0.683. The lowest BCUT2D eigenvalue weighted by molar-refractivity contribution is 1.25. The molecule has 3 heteroatoms. The molecule has 1 N–H and O–H groups in total. The number of thioether (sulfide) groups is 1. The number of para-hydroxylation sites is 1. The van der Waals surface area contributed by atoms with Crippen LogP contribution in [0, 0.1) is 6.92 Å². The number of pyridine rings is 1. The minimum Gasteiger partial charge on any atom is -0.355 e. The third-order valence-electron chi connectivity index (χ3n) is 3.19. The van der Waals surface area contributed by atoms with E-state index in [-0.39, 0.29) is 0 Å². The van der Waals surface area contributed by atoms with Gasteiger partial charge in [-0.3, -0.25) is 4.98 Å². The summed E-state index contributed by atoms with van der Waals surface area (Å²) in [6.07, 6.45) is 2.09. The highest BCUT2D eigenvalue weighted by molar-refractivity contribution is 7.98. The third-order valence-corrected chi connectivity index (χ3v) is 3.92. The first kappa shape index (κ1) is 13.0. The second kappa shape index (κ2) is 5.55. The van der Waals surface area contributed by atoms with Gasteiger partial charge in [-0.25, -0.2) is 0 Å². The first-order chi connectivity index (χ1) is 9.76. The Bertz CT molecular complexity index is 753. The van der Waals surface area contributed by atoms with Crippen LogP contribution in [0.5, 0.6) is 0 Å². The number of rotatable bonds is 3. The molecular formula is C17H16N2S. The fourth-order valence-electron chi connectivity index (χ4n) is 2.27. The highest BCUT2D eigenvalue weighted by Gasteiger charge is 2.04. The number of fused-ring (bicyclic) bond motifs is 1. The van der Waals surface area contributed by atoms with Gasteiger partial charge in [0.15, 0.2) is 0 Å². The van der Waals surface area contributed by atoms with Gasteiger partial charge in [0.1, 0.15) is 0 Å². The summed E-state index contributed by atoms with van der Waals surface area (Å²) in [6.45, 7) is 2.02. The number of aromatic nitrogens is 1. The Morgan fingerprint density at radius 3 is 2.70 bits per heavy atom. The van der Waals surface area contributed by atoms with E-state index in [2.05, 4.69) is 53.0 Å². The molecular weight excluding hydrogens is 264 g/mol. The number of nitrogens with one attached hydrogen (secondary N) is 1. The highest BCUT2D eigenvalue weighted by atomic mass is 32.2. The van der Waals surface area contributed by atoms with E-state index in [1.807, 2.05) is 25.1 Å². The molecule has 0 fully saturated rings. The van der Waals surface area contributed by atoms with E-state index in [1.165, 1.54) is 4.90 Å². The van der Waals surface area contributed by atoms with Gasteiger partial charge in [-0.15, -0.1) is 11.8 Å². The van der Waals surface area contributed by atoms with Gasteiger partial charge in [0, 0.05) is 27.4 Å². The van der Waals surface area contributed by atoms with Gasteiger partial charge in [0.2, 0.25) is 0 Å². The zero-order valence-electron chi connectivity index (χ0n) is 11.6. The summed E-state index contributed by atoms with van der Waals surface area (Å²) in [4.78, 5) is 5.82. The molecule has 0 radical (unpaired) electrons. The topological polar surface area (TPSA) is 24.9 Å². The van der Waals surface area contributed by atoms with E-state index < -0.39 is 0 Å². The molecule has 2 aromatic carbocycles. The zero-order chi connectivity index (χ0) is 13.9. The number of benzene rings is 2. The number of nitrogens with zero attached hydrogens (tertiary/aromatic N) is 1. The molecule has 3 aromatic rings. The van der Waals surface area contributed by atoms with Crippen molar-refractivity contribution < 1.29 is 0 Å². The Hall–Kier alpha value is -2.00. The summed E-state index contributed by atoms with van der Waals surface area (Å²) in [7, 11) is 0. The molecule has 3 rings (SSSR count). The Morgan fingerprint density at radius 1 is 1.00 bits per heavy atom. The fourth-order valence-corrected chi connectivity index (χ4v) is 2.73. The number of hydrogen-bond acceptors (Lipinski definition) is 3. The van der Waals surface area contributed by atoms with Gasteiger partial charge in [-0.2, -0.15) is 0 Å². The summed E-state index contributed by atoms with van der Waals surface area (Å²) in [5.74, 6) is 0. The molecule has 0 aliphatic carbocycles. The minimum absolute atomic E-state index is 1.02. The molecule has 0 aliphatic heterocycles. The van der Waals surface area contributed by atoms with E-state index in [4.69, 9.17) is 0 Å². The van der Waals surface area contributed by atoms with Crippen molar-refractivity contribution >= 4 is 34.0 Å². The Morgan fingerprint density at radius 2 is 1.85 bits per heavy atom. The molecule has 1 aromatic heterocycles. The third kappa shape index (κ3) is 2.63. The maximum atomic E-state index is 4.57. The molecule has 20 heavy (non-hydrogen) atoms. The smallest absolute Gasteiger partial charge is 0.0726 e. The molecule has 0 saturated carbocycles. The second-order valence-electron chi connectivity index (χ2n) is 4.69. The molecule has 0 saturated heterocycles. The van der Waals surface area contributed by atoms with Crippen molar-refractivity contribution in [1.29, 1.82) is 0 Å². The number of anilines is 2. The molecule has 0 unspecified atom stereocenters. The van der Waals surface area contributed by atoms with Crippen LogP contribution in [-0.4, -0.2) is 11.2 Å². The van der Waals surface area contributed by atoms with Gasteiger partial charge in [-0.1, -0.05) is 24.3 Å². The van der Waals surface area contributed by atoms with Crippen molar-refractivity contribution in [2.24, 2.45) is 0 Å². The van der Waals surface area contributed by atoms with E-state index in [9.17, 15) is 0 Å². The van der Waals surface area contributed by atoms with Crippen molar-refractivity contribution in [1.82, 2.24) is 4.98 Å². The van der Waals surface area contributed by atoms with Gasteiger partial charge >= 0.3 is 0 Å². The van der Waals surface area contributed by atoms with Crippen LogP contribution in [0.15, 0.2) is 59.5 Å². The zero-order valence-corrected chi connectivity index (χ0v) is 12.4. The Kier molecular flexibility index (Phi) is 3.61. The lowest BCUT2D eigenvalue weighted by atomic mass is 10.1. The predicted octanol–water partition coefficient (Wildman–Crippen LogP) is 5.01. The van der Waals surface area contributed by atoms with Crippen LogP contribution in [0.2, 0.25) is 0 Å². The van der Waals surface area contributed by atoms with E-state index in [0.29, 0.717) is 0 Å². The van der Waals surface area contributed by atoms with Crippen LogP contribution in [0.4, 0.5) is 11.4 Å². The van der Waals surface area contributed by atoms with Crippen molar-refractivity contribution in [2.45, 2.75) is 11.8 Å². The standard InChI is InChI=1S/C17H16N2S/c1-12-10-17(15-8-3-4-9-16(15)18-12)19-13-6-5-7-14(11-13)20-2/h3-11H,1-2H3,(H,18,19). The molecule has 0 aliphatic rings. The molecule has 0 spiro atoms. The van der Waals surface area contributed by atoms with E-state index in [0.717, 1.165) is 28.0 Å². The van der Waals surface area contributed by atoms with Gasteiger partial charge in [-0.05, 0) is 43.5 Å². The molecule has 0 bridgehead atoms. The van der Waals surface area contributed by atoms with E-state index >= 15 is 0 Å². The first-order valence-corrected chi connectivity index (χ1v) is 7.76. The number of hydrogen-bond donors (Lipinski definition) is 1. The van der Waals surface area contributed by atoms with Crippen LogP contribution in [-0.2, 0) is 0 Å². The average Bonchev–Trinajstić information content (AvgIpc) is 2.47. The molecule has 100 valence electrons. The van der Waals surface area contributed by atoms with Crippen molar-refractivity contribution in [2.75, 3.05) is 11.6 Å². The molecule has 0 amide bonds. The maximum Gasteiger partial charge on any atom is 0.0726 e. The summed E-state index contributed by atoms with van der Waals surface area (Å²) in [6, 6.07) is 18.7. The molecule has 1 heterocycles. The van der Waals surface area contributed by atoms with Crippen molar-refractivity contribution in [3.8, 4) is 0 Å². The Balaban J connectivity index is 2.05. The van der Waals surface area contributed by atoms with Crippen molar-refractivity contribution in [3.63, 3.8) is 0 Å². The normalized spacial score (nSPS) is 10.7. The lowest BCUT2D eigenvalue weighted by Crippen LogP contribution is -1.94. The summed E-state index contributed by atoms with van der Waals surface area (Å²) in [5.41, 5.74) is 4.25. The fraction of sp³-hybridized carbons (Fsp3) is 0.118. The van der Waals surface area contributed by atoms with E-state index in [1.54, 1.807) is 11.8 Å². The summed E-state index contributed by atoms with van der Waals surface area (Å²) >= 11 is 1.75. The van der Waals surface area contributed by atoms with Crippen LogP contribution >= 0.6 is 11.8 Å². The largest absolute Gasteiger partial charge is 0.355 e. The van der Waals surface area contributed by atoms with Crippen LogP contribution in [0.3, 0.4) is 0 Å². The van der Waals surface area contributed by atoms with Crippen molar-refractivity contribution in [3.05, 3.63) is 60.3 Å². The van der Waals surface area contributed by atoms with Crippen LogP contribution in [0.25, 0.3) is 10.9 Å². The summed E-state index contributed by atoms with van der Waals surface area (Å²) in [5, 5.41) is 4.66. The number of aryl methyl sites for hydroxylation is 1. The van der Waals surface area contributed by atoms with Crippen LogP contribution < -0.4 is 5.32 Å². The predicted molar refractivity (Wildman–Crippen MR) is 88.0 cm³/mol. The highest BCUT2D eigenvalue weighted by Crippen LogP contribution is 2.27. The molecule has 0 atom stereocenters. The average molecular weight is 280 g/mol. The first-order valence-electron chi connectivity index (χ1n) is 6.54. The Labute approximate surface area is 123 Å². The van der Waals surface area contributed by atoms with Crippen LogP contribution in [0.1, 0.15) is 5.69 Å². The van der Waals surface area contributed by atoms with Gasteiger partial charge in [0.05, 0.1) is 5.52 Å². The molecule has 2 nitrogen and oxygen atoms in total. The minimum atomic E-state index is 1.02. The second-order valence-corrected chi connectivity index (χ2v) is 5.56. The van der Waals surface area contributed by atoms with Gasteiger partial charge in [0.25, 0.3) is 0 Å². The monoisotopic (exact) mass is 280 g/mol.